The third-order valence-corrected chi connectivity index (χ3v) is 1.62. The molecular weight excluding hydrogens is 248 g/mol. The minimum absolute atomic E-state index is 0.000154. The molecule has 9 nitrogen and oxygen atoms in total. The molecule has 0 unspecified atom stereocenters. The maximum atomic E-state index is 11.4. The van der Waals surface area contributed by atoms with Gasteiger partial charge in [-0.05, 0) is 13.8 Å². The van der Waals surface area contributed by atoms with Crippen molar-refractivity contribution in [2.24, 2.45) is 0 Å². The molecule has 0 radical (unpaired) electrons. The summed E-state index contributed by atoms with van der Waals surface area (Å²) in [6.07, 6.45) is 0. The third-order valence-electron chi connectivity index (χ3n) is 1.62. The molecule has 0 atom stereocenters. The van der Waals surface area contributed by atoms with Crippen LogP contribution in [0.25, 0.3) is 0 Å². The Morgan fingerprint density at radius 3 is 1.94 bits per heavy atom. The van der Waals surface area contributed by atoms with Gasteiger partial charge in [-0.2, -0.15) is 0 Å². The van der Waals surface area contributed by atoms with Gasteiger partial charge in [0.1, 0.15) is 0 Å². The number of hydrogen-bond donors (Lipinski definition) is 1. The van der Waals surface area contributed by atoms with Crippen LogP contribution in [-0.2, 0) is 23.9 Å². The van der Waals surface area contributed by atoms with Crippen LogP contribution in [0.15, 0.2) is 0 Å². The number of carbonyl (C=O) groups is 3. The number of hydrogen-bond acceptors (Lipinski definition) is 7. The van der Waals surface area contributed by atoms with Crippen molar-refractivity contribution < 1.29 is 28.8 Å². The fraction of sp³-hybridized carbons (Fsp3) is 0.667. The summed E-state index contributed by atoms with van der Waals surface area (Å²) < 4.78 is 9.11. The summed E-state index contributed by atoms with van der Waals surface area (Å²) in [4.78, 5) is 43.1. The molecule has 0 aromatic rings. The topological polar surface area (TPSA) is 125 Å². The highest BCUT2D eigenvalue weighted by Gasteiger charge is 2.32. The molecule has 0 fully saturated rings. The van der Waals surface area contributed by atoms with Crippen LogP contribution in [0.1, 0.15) is 13.8 Å². The van der Waals surface area contributed by atoms with Crippen molar-refractivity contribution >= 4 is 17.8 Å². The summed E-state index contributed by atoms with van der Waals surface area (Å²) in [6, 6.07) is -1.68. The fourth-order valence-corrected chi connectivity index (χ4v) is 0.989. The highest BCUT2D eigenvalue weighted by atomic mass is 16.6. The fourth-order valence-electron chi connectivity index (χ4n) is 0.989. The Balaban J connectivity index is 4.65. The van der Waals surface area contributed by atoms with Crippen molar-refractivity contribution in [3.8, 4) is 0 Å². The number of nitrogens with zero attached hydrogens (tertiary/aromatic N) is 1. The molecule has 9 heteroatoms. The molecule has 0 aliphatic carbocycles. The number of nitrogens with one attached hydrogen (secondary N) is 1. The Kier molecular flexibility index (Phi) is 7.01. The van der Waals surface area contributed by atoms with Crippen LogP contribution in [0.3, 0.4) is 0 Å². The Bertz CT molecular complexity index is 324. The molecular formula is C9H14N2O7. The normalized spacial score (nSPS) is 9.72. The van der Waals surface area contributed by atoms with Crippen LogP contribution < -0.4 is 5.32 Å². The Labute approximate surface area is 103 Å². The maximum Gasteiger partial charge on any atom is 0.340 e. The average Bonchev–Trinajstić information content (AvgIpc) is 2.25. The molecule has 0 heterocycles. The Morgan fingerprint density at radius 2 is 1.61 bits per heavy atom. The van der Waals surface area contributed by atoms with Crippen LogP contribution in [0.5, 0.6) is 0 Å². The third kappa shape index (κ3) is 5.77. The number of rotatable bonds is 7. The first-order valence-electron chi connectivity index (χ1n) is 5.16. The molecule has 0 saturated heterocycles. The molecule has 102 valence electrons. The van der Waals surface area contributed by atoms with Gasteiger partial charge in [-0.1, -0.05) is 0 Å². The number of amides is 1. The van der Waals surface area contributed by atoms with Gasteiger partial charge < -0.3 is 14.8 Å². The number of esters is 2. The maximum absolute atomic E-state index is 11.4. The largest absolute Gasteiger partial charge is 0.464 e. The zero-order chi connectivity index (χ0) is 14.1. The summed E-state index contributed by atoms with van der Waals surface area (Å²) in [5.74, 6) is -3.12. The number of ether oxygens (including phenoxy) is 2. The highest BCUT2D eigenvalue weighted by molar-refractivity contribution is 6.02. The summed E-state index contributed by atoms with van der Waals surface area (Å²) >= 11 is 0. The van der Waals surface area contributed by atoms with Gasteiger partial charge >= 0.3 is 11.9 Å². The number of nitro groups is 1. The quantitative estimate of drug-likeness (QED) is 0.266. The van der Waals surface area contributed by atoms with Gasteiger partial charge in [-0.25, -0.2) is 9.59 Å². The van der Waals surface area contributed by atoms with E-state index in [1.54, 1.807) is 0 Å². The summed E-state index contributed by atoms with van der Waals surface area (Å²) in [6.45, 7) is 1.98. The first kappa shape index (κ1) is 15.8. The molecule has 1 N–H and O–H groups in total. The predicted molar refractivity (Wildman–Crippen MR) is 57.1 cm³/mol. The molecule has 0 aromatic carbocycles. The summed E-state index contributed by atoms with van der Waals surface area (Å²) in [5.41, 5.74) is 0. The van der Waals surface area contributed by atoms with E-state index in [4.69, 9.17) is 0 Å². The Morgan fingerprint density at radius 1 is 1.17 bits per heavy atom. The van der Waals surface area contributed by atoms with Gasteiger partial charge in [0.05, 0.1) is 13.2 Å². The standard InChI is InChI=1S/C9H14N2O7/c1-3-17-8(13)7(9(14)18-4-2)10-6(12)5-11(15)16/h7H,3-5H2,1-2H3,(H,10,12). The molecule has 0 aliphatic rings. The van der Waals surface area contributed by atoms with Crippen LogP contribution in [0, 0.1) is 10.1 Å². The monoisotopic (exact) mass is 262 g/mol. The minimum atomic E-state index is -1.68. The van der Waals surface area contributed by atoms with Crippen LogP contribution in [-0.4, -0.2) is 48.6 Å². The van der Waals surface area contributed by atoms with E-state index < -0.39 is 35.4 Å². The second kappa shape index (κ2) is 7.98. The first-order valence-corrected chi connectivity index (χ1v) is 5.16. The van der Waals surface area contributed by atoms with E-state index in [1.165, 1.54) is 13.8 Å². The van der Waals surface area contributed by atoms with Crippen LogP contribution in [0.2, 0.25) is 0 Å². The molecule has 1 amide bonds. The Hall–Kier alpha value is -2.19. The number of carbonyl (C=O) groups excluding carboxylic acids is 3. The SMILES string of the molecule is CCOC(=O)C(NC(=O)C[N+](=O)[O-])C(=O)OCC. The van der Waals surface area contributed by atoms with Crippen molar-refractivity contribution in [2.75, 3.05) is 19.8 Å². The zero-order valence-electron chi connectivity index (χ0n) is 10.0. The van der Waals surface area contributed by atoms with Crippen molar-refractivity contribution in [2.45, 2.75) is 19.9 Å². The van der Waals surface area contributed by atoms with Crippen LogP contribution in [0.4, 0.5) is 0 Å². The molecule has 0 rings (SSSR count). The van der Waals surface area contributed by atoms with Gasteiger partial charge in [0.15, 0.2) is 0 Å². The summed E-state index contributed by atoms with van der Waals surface area (Å²) in [7, 11) is 0. The van der Waals surface area contributed by atoms with Crippen molar-refractivity contribution in [1.82, 2.24) is 5.32 Å². The molecule has 0 aliphatic heterocycles. The molecule has 0 bridgehead atoms. The van der Waals surface area contributed by atoms with E-state index in [0.717, 1.165) is 0 Å². The van der Waals surface area contributed by atoms with Gasteiger partial charge in [-0.3, -0.25) is 14.9 Å². The predicted octanol–water partition coefficient (Wildman–Crippen LogP) is -1.13. The van der Waals surface area contributed by atoms with Crippen molar-refractivity contribution in [3.63, 3.8) is 0 Å². The van der Waals surface area contributed by atoms with Gasteiger partial charge in [0, 0.05) is 4.92 Å². The van der Waals surface area contributed by atoms with E-state index in [0.29, 0.717) is 0 Å². The van der Waals surface area contributed by atoms with E-state index in [2.05, 4.69) is 9.47 Å². The highest BCUT2D eigenvalue weighted by Crippen LogP contribution is 1.95. The van der Waals surface area contributed by atoms with Crippen LogP contribution >= 0.6 is 0 Å². The van der Waals surface area contributed by atoms with Crippen molar-refractivity contribution in [3.05, 3.63) is 10.1 Å². The van der Waals surface area contributed by atoms with E-state index in [9.17, 15) is 24.5 Å². The minimum Gasteiger partial charge on any atom is -0.464 e. The smallest absolute Gasteiger partial charge is 0.340 e. The molecule has 0 saturated carbocycles. The van der Waals surface area contributed by atoms with Gasteiger partial charge in [0.25, 0.3) is 12.5 Å². The molecule has 18 heavy (non-hydrogen) atoms. The second-order valence-electron chi connectivity index (χ2n) is 3.00. The lowest BCUT2D eigenvalue weighted by Crippen LogP contribution is -2.49. The lowest BCUT2D eigenvalue weighted by Gasteiger charge is -2.14. The van der Waals surface area contributed by atoms with Crippen molar-refractivity contribution in [1.29, 1.82) is 0 Å². The molecule has 0 spiro atoms. The zero-order valence-corrected chi connectivity index (χ0v) is 10.0. The van der Waals surface area contributed by atoms with E-state index >= 15 is 0 Å². The van der Waals surface area contributed by atoms with Gasteiger partial charge in [0.2, 0.25) is 6.04 Å². The van der Waals surface area contributed by atoms with E-state index in [1.807, 2.05) is 5.32 Å². The van der Waals surface area contributed by atoms with E-state index in [-0.39, 0.29) is 13.2 Å². The van der Waals surface area contributed by atoms with Gasteiger partial charge in [-0.15, -0.1) is 0 Å². The summed E-state index contributed by atoms with van der Waals surface area (Å²) in [5, 5.41) is 12.0. The first-order chi connectivity index (χ1) is 8.42. The molecule has 0 aromatic heterocycles. The second-order valence-corrected chi connectivity index (χ2v) is 3.00. The average molecular weight is 262 g/mol. The lowest BCUT2D eigenvalue weighted by molar-refractivity contribution is -0.467. The lowest BCUT2D eigenvalue weighted by atomic mass is 10.3.